The van der Waals surface area contributed by atoms with Crippen molar-refractivity contribution in [3.8, 4) is 5.75 Å². The zero-order valence-electron chi connectivity index (χ0n) is 7.29. The fraction of sp³-hybridized carbons (Fsp3) is 0.444. The first-order valence-electron chi connectivity index (χ1n) is 4.16. The lowest BCUT2D eigenvalue weighted by atomic mass is 10.4. The van der Waals surface area contributed by atoms with Crippen molar-refractivity contribution in [3.05, 3.63) is 18.1 Å². The molecule has 2 rings (SSSR count). The fourth-order valence-electron chi connectivity index (χ4n) is 1.01. The predicted octanol–water partition coefficient (Wildman–Crippen LogP) is 2.48. The Hall–Kier alpha value is -0.770. The molecule has 1 aliphatic carbocycles. The maximum atomic E-state index is 13.2. The third kappa shape index (κ3) is 1.94. The Labute approximate surface area is 80.5 Å². The van der Waals surface area contributed by atoms with Gasteiger partial charge in [0, 0.05) is 6.20 Å². The van der Waals surface area contributed by atoms with E-state index in [4.69, 9.17) is 4.74 Å². The Morgan fingerprint density at radius 3 is 3.00 bits per heavy atom. The highest BCUT2D eigenvalue weighted by atomic mass is 32.2. The molecule has 1 aliphatic rings. The van der Waals surface area contributed by atoms with E-state index in [1.54, 1.807) is 0 Å². The maximum absolute atomic E-state index is 13.2. The molecular formula is C9H10FNOS. The third-order valence-electron chi connectivity index (χ3n) is 1.83. The van der Waals surface area contributed by atoms with Gasteiger partial charge in [0.2, 0.25) is 0 Å². The number of thioether (sulfide) groups is 1. The summed E-state index contributed by atoms with van der Waals surface area (Å²) in [5.41, 5.74) is 0. The summed E-state index contributed by atoms with van der Waals surface area (Å²) >= 11 is 1.40. The quantitative estimate of drug-likeness (QED) is 0.698. The standard InChI is InChI=1S/C9H10FNOS/c1-13-9-8(12-6-2-3-6)7(10)4-5-11-9/h4-6H,2-3H2,1H3. The lowest BCUT2D eigenvalue weighted by molar-refractivity contribution is 0.277. The monoisotopic (exact) mass is 199 g/mol. The minimum Gasteiger partial charge on any atom is -0.485 e. The second kappa shape index (κ2) is 3.54. The third-order valence-corrected chi connectivity index (χ3v) is 2.50. The van der Waals surface area contributed by atoms with Crippen molar-refractivity contribution in [1.82, 2.24) is 4.98 Å². The summed E-state index contributed by atoms with van der Waals surface area (Å²) in [7, 11) is 0. The van der Waals surface area contributed by atoms with Gasteiger partial charge in [-0.15, -0.1) is 11.8 Å². The van der Waals surface area contributed by atoms with E-state index in [1.807, 2.05) is 6.26 Å². The lowest BCUT2D eigenvalue weighted by Crippen LogP contribution is -2.00. The van der Waals surface area contributed by atoms with Gasteiger partial charge in [-0.1, -0.05) is 0 Å². The molecule has 0 aromatic carbocycles. The van der Waals surface area contributed by atoms with Gasteiger partial charge in [-0.25, -0.2) is 9.37 Å². The number of ether oxygens (including phenoxy) is 1. The van der Waals surface area contributed by atoms with Gasteiger partial charge >= 0.3 is 0 Å². The molecule has 1 fully saturated rings. The number of hydrogen-bond acceptors (Lipinski definition) is 3. The minimum absolute atomic E-state index is 0.213. The molecule has 1 saturated carbocycles. The van der Waals surface area contributed by atoms with Gasteiger partial charge in [0.1, 0.15) is 5.03 Å². The smallest absolute Gasteiger partial charge is 0.187 e. The van der Waals surface area contributed by atoms with Crippen LogP contribution in [0.5, 0.6) is 5.75 Å². The Morgan fingerprint density at radius 2 is 2.38 bits per heavy atom. The highest BCUT2D eigenvalue weighted by Crippen LogP contribution is 2.33. The first kappa shape index (κ1) is 8.81. The highest BCUT2D eigenvalue weighted by molar-refractivity contribution is 7.98. The fourth-order valence-corrected chi connectivity index (χ4v) is 1.51. The minimum atomic E-state index is -0.314. The van der Waals surface area contributed by atoms with Crippen molar-refractivity contribution in [1.29, 1.82) is 0 Å². The number of nitrogens with zero attached hydrogens (tertiary/aromatic N) is 1. The van der Waals surface area contributed by atoms with Gasteiger partial charge in [0.05, 0.1) is 6.10 Å². The Bertz CT molecular complexity index is 314. The summed E-state index contributed by atoms with van der Waals surface area (Å²) in [4.78, 5) is 4.04. The van der Waals surface area contributed by atoms with E-state index in [2.05, 4.69) is 4.98 Å². The normalized spacial score (nSPS) is 15.8. The van der Waals surface area contributed by atoms with Crippen LogP contribution in [0.3, 0.4) is 0 Å². The Balaban J connectivity index is 2.27. The largest absolute Gasteiger partial charge is 0.485 e. The van der Waals surface area contributed by atoms with Crippen LogP contribution in [0.4, 0.5) is 4.39 Å². The highest BCUT2D eigenvalue weighted by Gasteiger charge is 2.26. The molecular weight excluding hydrogens is 189 g/mol. The molecule has 2 nitrogen and oxygen atoms in total. The van der Waals surface area contributed by atoms with E-state index in [0.717, 1.165) is 12.8 Å². The summed E-state index contributed by atoms with van der Waals surface area (Å²) < 4.78 is 18.7. The van der Waals surface area contributed by atoms with E-state index in [1.165, 1.54) is 24.0 Å². The van der Waals surface area contributed by atoms with Crippen molar-refractivity contribution >= 4 is 11.8 Å². The van der Waals surface area contributed by atoms with Crippen molar-refractivity contribution < 1.29 is 9.13 Å². The van der Waals surface area contributed by atoms with Crippen LogP contribution in [0, 0.1) is 5.82 Å². The molecule has 70 valence electrons. The van der Waals surface area contributed by atoms with Gasteiger partial charge in [-0.3, -0.25) is 0 Å². The molecule has 0 aliphatic heterocycles. The van der Waals surface area contributed by atoms with Crippen molar-refractivity contribution in [3.63, 3.8) is 0 Å². The van der Waals surface area contributed by atoms with Crippen LogP contribution < -0.4 is 4.74 Å². The molecule has 1 aromatic rings. The van der Waals surface area contributed by atoms with Crippen LogP contribution in [0.2, 0.25) is 0 Å². The van der Waals surface area contributed by atoms with E-state index in [-0.39, 0.29) is 11.9 Å². The van der Waals surface area contributed by atoms with Gasteiger partial charge in [-0.05, 0) is 25.2 Å². The number of halogens is 1. The van der Waals surface area contributed by atoms with Crippen LogP contribution in [0.15, 0.2) is 17.3 Å². The first-order chi connectivity index (χ1) is 6.31. The number of pyridine rings is 1. The predicted molar refractivity (Wildman–Crippen MR) is 49.6 cm³/mol. The van der Waals surface area contributed by atoms with Crippen LogP contribution in [0.25, 0.3) is 0 Å². The van der Waals surface area contributed by atoms with Crippen LogP contribution in [-0.4, -0.2) is 17.3 Å². The lowest BCUT2D eigenvalue weighted by Gasteiger charge is -2.08. The van der Waals surface area contributed by atoms with Crippen molar-refractivity contribution in [2.45, 2.75) is 24.0 Å². The van der Waals surface area contributed by atoms with E-state index >= 15 is 0 Å². The molecule has 0 amide bonds. The Kier molecular flexibility index (Phi) is 2.40. The molecule has 0 atom stereocenters. The zero-order valence-corrected chi connectivity index (χ0v) is 8.10. The molecule has 1 heterocycles. The van der Waals surface area contributed by atoms with E-state index < -0.39 is 0 Å². The zero-order chi connectivity index (χ0) is 9.26. The molecule has 13 heavy (non-hydrogen) atoms. The molecule has 0 spiro atoms. The number of rotatable bonds is 3. The maximum Gasteiger partial charge on any atom is 0.187 e. The number of hydrogen-bond donors (Lipinski definition) is 0. The molecule has 0 N–H and O–H groups in total. The number of aromatic nitrogens is 1. The topological polar surface area (TPSA) is 22.1 Å². The van der Waals surface area contributed by atoms with E-state index in [0.29, 0.717) is 10.8 Å². The van der Waals surface area contributed by atoms with Crippen molar-refractivity contribution in [2.24, 2.45) is 0 Å². The summed E-state index contributed by atoms with van der Waals surface area (Å²) in [5.74, 6) is 0.00347. The molecule has 0 radical (unpaired) electrons. The molecule has 0 saturated heterocycles. The van der Waals surface area contributed by atoms with Crippen LogP contribution >= 0.6 is 11.8 Å². The van der Waals surface area contributed by atoms with Gasteiger partial charge < -0.3 is 4.74 Å². The van der Waals surface area contributed by atoms with Gasteiger partial charge in [0.15, 0.2) is 11.6 Å². The summed E-state index contributed by atoms with van der Waals surface area (Å²) in [6.45, 7) is 0. The molecule has 0 bridgehead atoms. The molecule has 1 aromatic heterocycles. The van der Waals surface area contributed by atoms with Gasteiger partial charge in [0.25, 0.3) is 0 Å². The van der Waals surface area contributed by atoms with Gasteiger partial charge in [-0.2, -0.15) is 0 Å². The van der Waals surface area contributed by atoms with Crippen LogP contribution in [-0.2, 0) is 0 Å². The average molecular weight is 199 g/mol. The van der Waals surface area contributed by atoms with Crippen molar-refractivity contribution in [2.75, 3.05) is 6.26 Å². The SMILES string of the molecule is CSc1nccc(F)c1OC1CC1. The second-order valence-electron chi connectivity index (χ2n) is 2.95. The summed E-state index contributed by atoms with van der Waals surface area (Å²) in [6, 6.07) is 1.33. The molecule has 4 heteroatoms. The van der Waals surface area contributed by atoms with E-state index in [9.17, 15) is 4.39 Å². The summed E-state index contributed by atoms with van der Waals surface area (Å²) in [6.07, 6.45) is 5.59. The molecule has 0 unspecified atom stereocenters. The first-order valence-corrected chi connectivity index (χ1v) is 5.39. The second-order valence-corrected chi connectivity index (χ2v) is 3.74. The summed E-state index contributed by atoms with van der Waals surface area (Å²) in [5, 5.41) is 0.631. The Morgan fingerprint density at radius 1 is 1.62 bits per heavy atom. The average Bonchev–Trinajstić information content (AvgIpc) is 2.92. The van der Waals surface area contributed by atoms with Crippen LogP contribution in [0.1, 0.15) is 12.8 Å².